The molecule has 0 bridgehead atoms. The standard InChI is InChI=1S/C13H9NO4/c15-8-5-9(16)12-10(6-8)18-11(13(12)17)4-7-2-1-3-14-7/h1-6,14-16H/b11-4-. The molecule has 2 heterocycles. The maximum atomic E-state index is 12.0. The minimum atomic E-state index is -0.405. The van der Waals surface area contributed by atoms with Crippen LogP contribution in [0, 0.1) is 0 Å². The molecule has 0 saturated heterocycles. The number of fused-ring (bicyclic) bond motifs is 1. The number of carbonyl (C=O) groups is 1. The molecular weight excluding hydrogens is 234 g/mol. The van der Waals surface area contributed by atoms with E-state index in [1.54, 1.807) is 24.4 Å². The second kappa shape index (κ2) is 3.66. The summed E-state index contributed by atoms with van der Waals surface area (Å²) < 4.78 is 5.33. The molecule has 1 aliphatic heterocycles. The summed E-state index contributed by atoms with van der Waals surface area (Å²) >= 11 is 0. The number of ketones is 1. The van der Waals surface area contributed by atoms with Crippen molar-refractivity contribution in [3.8, 4) is 17.2 Å². The number of aromatic amines is 1. The quantitative estimate of drug-likeness (QED) is 0.669. The van der Waals surface area contributed by atoms with Crippen LogP contribution in [-0.4, -0.2) is 21.0 Å². The number of allylic oxidation sites excluding steroid dienone is 1. The number of aromatic nitrogens is 1. The van der Waals surface area contributed by atoms with Crippen LogP contribution in [0.5, 0.6) is 17.2 Å². The monoisotopic (exact) mass is 243 g/mol. The summed E-state index contributed by atoms with van der Waals surface area (Å²) in [5.41, 5.74) is 0.792. The molecule has 3 N–H and O–H groups in total. The first kappa shape index (κ1) is 10.5. The summed E-state index contributed by atoms with van der Waals surface area (Å²) in [6.45, 7) is 0. The number of carbonyl (C=O) groups excluding carboxylic acids is 1. The van der Waals surface area contributed by atoms with E-state index in [0.29, 0.717) is 0 Å². The van der Waals surface area contributed by atoms with Crippen molar-refractivity contribution in [3.63, 3.8) is 0 Å². The smallest absolute Gasteiger partial charge is 0.235 e. The summed E-state index contributed by atoms with van der Waals surface area (Å²) in [6, 6.07) is 5.98. The van der Waals surface area contributed by atoms with Crippen LogP contribution in [0.1, 0.15) is 16.1 Å². The first-order chi connectivity index (χ1) is 8.65. The van der Waals surface area contributed by atoms with Gasteiger partial charge in [0.1, 0.15) is 22.8 Å². The number of phenolic OH excluding ortho intramolecular Hbond substituents is 2. The Bertz CT molecular complexity index is 656. The van der Waals surface area contributed by atoms with Gasteiger partial charge >= 0.3 is 0 Å². The second-order valence-electron chi connectivity index (χ2n) is 3.90. The number of rotatable bonds is 1. The number of H-pyrrole nitrogens is 1. The van der Waals surface area contributed by atoms with Crippen LogP contribution in [0.3, 0.4) is 0 Å². The number of benzene rings is 1. The summed E-state index contributed by atoms with van der Waals surface area (Å²) in [5.74, 6) is -0.578. The van der Waals surface area contributed by atoms with Gasteiger partial charge in [0, 0.05) is 30.1 Å². The Kier molecular flexibility index (Phi) is 2.13. The molecule has 90 valence electrons. The molecule has 1 aromatic carbocycles. The maximum absolute atomic E-state index is 12.0. The van der Waals surface area contributed by atoms with Gasteiger partial charge in [0.2, 0.25) is 5.78 Å². The highest BCUT2D eigenvalue weighted by Gasteiger charge is 2.31. The number of Topliss-reactive ketones (excluding diaryl/α,β-unsaturated/α-hetero) is 1. The summed E-state index contributed by atoms with van der Waals surface area (Å²) in [6.07, 6.45) is 3.26. The van der Waals surface area contributed by atoms with Crippen molar-refractivity contribution in [3.05, 3.63) is 47.5 Å². The van der Waals surface area contributed by atoms with Crippen LogP contribution < -0.4 is 4.74 Å². The van der Waals surface area contributed by atoms with Crippen molar-refractivity contribution in [1.82, 2.24) is 4.98 Å². The predicted molar refractivity (Wildman–Crippen MR) is 63.5 cm³/mol. The Hall–Kier alpha value is -2.69. The van der Waals surface area contributed by atoms with Gasteiger partial charge in [-0.3, -0.25) is 4.79 Å². The molecule has 0 fully saturated rings. The molecule has 18 heavy (non-hydrogen) atoms. The van der Waals surface area contributed by atoms with E-state index in [4.69, 9.17) is 4.74 Å². The highest BCUT2D eigenvalue weighted by atomic mass is 16.5. The molecule has 0 amide bonds. The van der Waals surface area contributed by atoms with E-state index in [9.17, 15) is 15.0 Å². The predicted octanol–water partition coefficient (Wildman–Crippen LogP) is 2.04. The molecule has 5 nitrogen and oxygen atoms in total. The largest absolute Gasteiger partial charge is 0.508 e. The van der Waals surface area contributed by atoms with Crippen LogP contribution in [0.2, 0.25) is 0 Å². The lowest BCUT2D eigenvalue weighted by atomic mass is 10.1. The van der Waals surface area contributed by atoms with Gasteiger partial charge in [-0.2, -0.15) is 0 Å². The number of aromatic hydroxyl groups is 2. The van der Waals surface area contributed by atoms with E-state index < -0.39 is 5.78 Å². The highest BCUT2D eigenvalue weighted by molar-refractivity contribution is 6.16. The van der Waals surface area contributed by atoms with Gasteiger partial charge in [0.15, 0.2) is 5.76 Å². The Labute approximate surface area is 102 Å². The third-order valence-corrected chi connectivity index (χ3v) is 2.65. The van der Waals surface area contributed by atoms with E-state index in [1.807, 2.05) is 0 Å². The summed E-state index contributed by atoms with van der Waals surface area (Å²) in [5, 5.41) is 19.0. The topological polar surface area (TPSA) is 82.6 Å². The van der Waals surface area contributed by atoms with Crippen molar-refractivity contribution in [1.29, 1.82) is 0 Å². The fourth-order valence-electron chi connectivity index (χ4n) is 1.85. The SMILES string of the molecule is O=C1/C(=C/c2ccc[nH]2)Oc2cc(O)cc(O)c21. The molecule has 0 unspecified atom stereocenters. The first-order valence-electron chi connectivity index (χ1n) is 5.29. The Balaban J connectivity index is 2.07. The van der Waals surface area contributed by atoms with Gasteiger partial charge in [0.05, 0.1) is 0 Å². The Morgan fingerprint density at radius 2 is 2.11 bits per heavy atom. The number of ether oxygens (including phenoxy) is 1. The highest BCUT2D eigenvalue weighted by Crippen LogP contribution is 2.40. The number of phenols is 2. The van der Waals surface area contributed by atoms with Crippen LogP contribution in [0.25, 0.3) is 6.08 Å². The van der Waals surface area contributed by atoms with Crippen molar-refractivity contribution in [2.45, 2.75) is 0 Å². The van der Waals surface area contributed by atoms with Crippen molar-refractivity contribution in [2.24, 2.45) is 0 Å². The molecule has 0 aliphatic carbocycles. The zero-order chi connectivity index (χ0) is 12.7. The summed E-state index contributed by atoms with van der Waals surface area (Å²) in [4.78, 5) is 14.9. The van der Waals surface area contributed by atoms with E-state index in [-0.39, 0.29) is 28.6 Å². The van der Waals surface area contributed by atoms with Crippen LogP contribution in [0.15, 0.2) is 36.2 Å². The lowest BCUT2D eigenvalue weighted by molar-refractivity contribution is 0.101. The molecule has 0 spiro atoms. The van der Waals surface area contributed by atoms with Crippen molar-refractivity contribution in [2.75, 3.05) is 0 Å². The average Bonchev–Trinajstić information content (AvgIpc) is 2.88. The second-order valence-corrected chi connectivity index (χ2v) is 3.90. The van der Waals surface area contributed by atoms with E-state index in [2.05, 4.69) is 4.98 Å². The first-order valence-corrected chi connectivity index (χ1v) is 5.29. The van der Waals surface area contributed by atoms with E-state index in [1.165, 1.54) is 6.07 Å². The molecule has 0 radical (unpaired) electrons. The molecule has 2 aromatic rings. The minimum Gasteiger partial charge on any atom is -0.508 e. The summed E-state index contributed by atoms with van der Waals surface area (Å²) in [7, 11) is 0. The fourth-order valence-corrected chi connectivity index (χ4v) is 1.85. The fraction of sp³-hybridized carbons (Fsp3) is 0. The lowest BCUT2D eigenvalue weighted by Crippen LogP contribution is -1.98. The molecule has 0 saturated carbocycles. The van der Waals surface area contributed by atoms with E-state index in [0.717, 1.165) is 11.8 Å². The lowest BCUT2D eigenvalue weighted by Gasteiger charge is -1.99. The third kappa shape index (κ3) is 1.53. The van der Waals surface area contributed by atoms with Gasteiger partial charge < -0.3 is 19.9 Å². The zero-order valence-electron chi connectivity index (χ0n) is 9.18. The Morgan fingerprint density at radius 1 is 1.28 bits per heavy atom. The van der Waals surface area contributed by atoms with Crippen molar-refractivity contribution >= 4 is 11.9 Å². The normalized spacial score (nSPS) is 15.8. The minimum absolute atomic E-state index is 0.0746. The molecular formula is C13H9NO4. The van der Waals surface area contributed by atoms with Gasteiger partial charge in [-0.05, 0) is 12.1 Å². The zero-order valence-corrected chi connectivity index (χ0v) is 9.18. The molecule has 3 rings (SSSR count). The maximum Gasteiger partial charge on any atom is 0.235 e. The van der Waals surface area contributed by atoms with Crippen LogP contribution >= 0.6 is 0 Å². The molecule has 1 aliphatic rings. The van der Waals surface area contributed by atoms with Gasteiger partial charge in [-0.1, -0.05) is 0 Å². The molecule has 0 atom stereocenters. The van der Waals surface area contributed by atoms with Crippen molar-refractivity contribution < 1.29 is 19.7 Å². The van der Waals surface area contributed by atoms with Crippen LogP contribution in [0.4, 0.5) is 0 Å². The van der Waals surface area contributed by atoms with Gasteiger partial charge in [0.25, 0.3) is 0 Å². The Morgan fingerprint density at radius 3 is 2.83 bits per heavy atom. The number of nitrogens with one attached hydrogen (secondary N) is 1. The molecule has 1 aromatic heterocycles. The van der Waals surface area contributed by atoms with Crippen LogP contribution in [-0.2, 0) is 0 Å². The average molecular weight is 243 g/mol. The number of hydrogen-bond acceptors (Lipinski definition) is 4. The van der Waals surface area contributed by atoms with E-state index >= 15 is 0 Å². The van der Waals surface area contributed by atoms with Gasteiger partial charge in [-0.25, -0.2) is 0 Å². The number of hydrogen-bond donors (Lipinski definition) is 3. The third-order valence-electron chi connectivity index (χ3n) is 2.65. The van der Waals surface area contributed by atoms with Gasteiger partial charge in [-0.15, -0.1) is 0 Å². The molecule has 5 heteroatoms.